The van der Waals surface area contributed by atoms with Crippen molar-refractivity contribution in [1.82, 2.24) is 0 Å². The van der Waals surface area contributed by atoms with Crippen molar-refractivity contribution >= 4 is 44.0 Å². The normalized spacial score (nSPS) is 12.3. The van der Waals surface area contributed by atoms with Gasteiger partial charge in [-0.1, -0.05) is 41.9 Å². The number of anilines is 1. The first-order chi connectivity index (χ1) is 9.08. The molecule has 0 aliphatic carbocycles. The zero-order chi connectivity index (χ0) is 13.8. The molecule has 0 radical (unpaired) electrons. The van der Waals surface area contributed by atoms with Crippen LogP contribution in [-0.2, 0) is 22.3 Å². The van der Waals surface area contributed by atoms with Gasteiger partial charge in [0.25, 0.3) is 0 Å². The number of nitrogens with two attached hydrogens (primary N) is 1. The van der Waals surface area contributed by atoms with Gasteiger partial charge in [0, 0.05) is 26.0 Å². The molecular formula is C14H13BrClNOS. The number of hydrogen-bond acceptors (Lipinski definition) is 2. The van der Waals surface area contributed by atoms with Crippen LogP contribution >= 0.6 is 27.5 Å². The fourth-order valence-corrected chi connectivity index (χ4v) is 3.88. The Morgan fingerprint density at radius 3 is 2.42 bits per heavy atom. The van der Waals surface area contributed by atoms with Gasteiger partial charge in [-0.2, -0.15) is 0 Å². The fraction of sp³-hybridized carbons (Fsp3) is 0.143. The van der Waals surface area contributed by atoms with Gasteiger partial charge in [-0.25, -0.2) is 0 Å². The molecule has 0 heterocycles. The minimum absolute atomic E-state index is 0.445. The predicted molar refractivity (Wildman–Crippen MR) is 85.6 cm³/mol. The van der Waals surface area contributed by atoms with Crippen molar-refractivity contribution in [2.24, 2.45) is 0 Å². The number of hydrogen-bond donors (Lipinski definition) is 1. The van der Waals surface area contributed by atoms with E-state index in [0.29, 0.717) is 22.2 Å². The van der Waals surface area contributed by atoms with Gasteiger partial charge in [0.05, 0.1) is 11.5 Å². The third kappa shape index (κ3) is 3.81. The van der Waals surface area contributed by atoms with E-state index in [1.807, 2.05) is 42.5 Å². The van der Waals surface area contributed by atoms with Crippen molar-refractivity contribution < 1.29 is 4.21 Å². The van der Waals surface area contributed by atoms with Gasteiger partial charge >= 0.3 is 0 Å². The smallest absolute Gasteiger partial charge is 0.0503 e. The molecule has 0 saturated carbocycles. The van der Waals surface area contributed by atoms with Gasteiger partial charge in [-0.05, 0) is 39.2 Å². The Labute approximate surface area is 128 Å². The van der Waals surface area contributed by atoms with Crippen LogP contribution in [-0.4, -0.2) is 4.21 Å². The van der Waals surface area contributed by atoms with Crippen LogP contribution in [0.25, 0.3) is 0 Å². The minimum atomic E-state index is -1.02. The van der Waals surface area contributed by atoms with Crippen LogP contribution in [0.4, 0.5) is 5.69 Å². The molecule has 0 amide bonds. The molecule has 0 saturated heterocycles. The summed E-state index contributed by atoms with van der Waals surface area (Å²) in [4.78, 5) is 0. The zero-order valence-electron chi connectivity index (χ0n) is 10.1. The first-order valence-corrected chi connectivity index (χ1v) is 8.35. The summed E-state index contributed by atoms with van der Waals surface area (Å²) in [7, 11) is -1.02. The standard InChI is InChI=1S/C14H13BrClNOS/c15-14-11(5-3-7-13(14)17)9-19(18)8-10-4-1-2-6-12(10)16/h1-7H,8-9,17H2. The average molecular weight is 359 g/mol. The Bertz CT molecular complexity index is 618. The summed E-state index contributed by atoms with van der Waals surface area (Å²) >= 11 is 9.49. The molecule has 2 nitrogen and oxygen atoms in total. The summed E-state index contributed by atoms with van der Waals surface area (Å²) in [6, 6.07) is 13.1. The highest BCUT2D eigenvalue weighted by Gasteiger charge is 2.09. The highest BCUT2D eigenvalue weighted by molar-refractivity contribution is 9.10. The summed E-state index contributed by atoms with van der Waals surface area (Å²) in [5.41, 5.74) is 8.32. The topological polar surface area (TPSA) is 43.1 Å². The second-order valence-electron chi connectivity index (χ2n) is 4.14. The van der Waals surface area contributed by atoms with E-state index in [1.54, 1.807) is 0 Å². The second-order valence-corrected chi connectivity index (χ2v) is 6.80. The lowest BCUT2D eigenvalue weighted by Gasteiger charge is -2.08. The monoisotopic (exact) mass is 357 g/mol. The molecule has 2 N–H and O–H groups in total. The number of halogens is 2. The largest absolute Gasteiger partial charge is 0.398 e. The molecule has 1 atom stereocenters. The van der Waals surface area contributed by atoms with Crippen LogP contribution in [0.2, 0.25) is 5.02 Å². The SMILES string of the molecule is Nc1cccc(CS(=O)Cc2ccccc2Cl)c1Br. The average Bonchev–Trinajstić information content (AvgIpc) is 2.38. The van der Waals surface area contributed by atoms with Gasteiger partial charge in [-0.3, -0.25) is 4.21 Å². The molecular weight excluding hydrogens is 346 g/mol. The third-order valence-electron chi connectivity index (χ3n) is 2.70. The Morgan fingerprint density at radius 2 is 1.68 bits per heavy atom. The maximum atomic E-state index is 12.2. The molecule has 2 aromatic carbocycles. The summed E-state index contributed by atoms with van der Waals surface area (Å²) in [5.74, 6) is 0.901. The zero-order valence-corrected chi connectivity index (χ0v) is 13.3. The summed E-state index contributed by atoms with van der Waals surface area (Å²) < 4.78 is 13.0. The molecule has 19 heavy (non-hydrogen) atoms. The lowest BCUT2D eigenvalue weighted by molar-refractivity contribution is 0.682. The van der Waals surface area contributed by atoms with E-state index in [0.717, 1.165) is 15.6 Å². The van der Waals surface area contributed by atoms with E-state index < -0.39 is 10.8 Å². The Kier molecular flexibility index (Phi) is 5.02. The van der Waals surface area contributed by atoms with Gasteiger partial charge in [0.2, 0.25) is 0 Å². The maximum absolute atomic E-state index is 12.2. The van der Waals surface area contributed by atoms with Crippen molar-refractivity contribution in [3.05, 3.63) is 63.1 Å². The van der Waals surface area contributed by atoms with E-state index in [1.165, 1.54) is 0 Å². The van der Waals surface area contributed by atoms with Crippen molar-refractivity contribution in [2.75, 3.05) is 5.73 Å². The van der Waals surface area contributed by atoms with E-state index >= 15 is 0 Å². The van der Waals surface area contributed by atoms with Gasteiger partial charge in [0.1, 0.15) is 0 Å². The Morgan fingerprint density at radius 1 is 1.05 bits per heavy atom. The van der Waals surface area contributed by atoms with Crippen LogP contribution in [0.5, 0.6) is 0 Å². The number of nitrogen functional groups attached to an aromatic ring is 1. The van der Waals surface area contributed by atoms with E-state index in [2.05, 4.69) is 15.9 Å². The van der Waals surface area contributed by atoms with E-state index in [4.69, 9.17) is 17.3 Å². The molecule has 2 aromatic rings. The van der Waals surface area contributed by atoms with Gasteiger partial charge in [-0.15, -0.1) is 0 Å². The van der Waals surface area contributed by atoms with Crippen LogP contribution in [0.1, 0.15) is 11.1 Å². The molecule has 0 spiro atoms. The van der Waals surface area contributed by atoms with Crippen LogP contribution in [0.3, 0.4) is 0 Å². The highest BCUT2D eigenvalue weighted by Crippen LogP contribution is 2.26. The second kappa shape index (κ2) is 6.55. The first kappa shape index (κ1) is 14.6. The molecule has 0 fully saturated rings. The predicted octanol–water partition coefficient (Wildman–Crippen LogP) is 4.13. The van der Waals surface area contributed by atoms with Crippen molar-refractivity contribution in [3.8, 4) is 0 Å². The highest BCUT2D eigenvalue weighted by atomic mass is 79.9. The molecule has 0 aliphatic heterocycles. The van der Waals surface area contributed by atoms with Crippen LogP contribution in [0, 0.1) is 0 Å². The summed E-state index contributed by atoms with van der Waals surface area (Å²) in [6.45, 7) is 0. The van der Waals surface area contributed by atoms with Gasteiger partial charge in [0.15, 0.2) is 0 Å². The van der Waals surface area contributed by atoms with Gasteiger partial charge < -0.3 is 5.73 Å². The lowest BCUT2D eigenvalue weighted by atomic mass is 10.2. The Hall–Kier alpha value is -0.840. The first-order valence-electron chi connectivity index (χ1n) is 5.69. The molecule has 0 aromatic heterocycles. The molecule has 5 heteroatoms. The third-order valence-corrected chi connectivity index (χ3v) is 5.30. The van der Waals surface area contributed by atoms with Crippen LogP contribution < -0.4 is 5.73 Å². The quantitative estimate of drug-likeness (QED) is 0.835. The minimum Gasteiger partial charge on any atom is -0.398 e. The van der Waals surface area contributed by atoms with Crippen molar-refractivity contribution in [3.63, 3.8) is 0 Å². The molecule has 0 aliphatic rings. The Balaban J connectivity index is 2.10. The van der Waals surface area contributed by atoms with Crippen LogP contribution in [0.15, 0.2) is 46.9 Å². The molecule has 0 bridgehead atoms. The summed E-state index contributed by atoms with van der Waals surface area (Å²) in [6.07, 6.45) is 0. The number of benzene rings is 2. The number of rotatable bonds is 4. The molecule has 2 rings (SSSR count). The summed E-state index contributed by atoms with van der Waals surface area (Å²) in [5, 5.41) is 0.655. The molecule has 1 unspecified atom stereocenters. The molecule has 100 valence electrons. The van der Waals surface area contributed by atoms with Crippen molar-refractivity contribution in [1.29, 1.82) is 0 Å². The van der Waals surface area contributed by atoms with E-state index in [9.17, 15) is 4.21 Å². The maximum Gasteiger partial charge on any atom is 0.0503 e. The fourth-order valence-electron chi connectivity index (χ4n) is 1.72. The van der Waals surface area contributed by atoms with Crippen molar-refractivity contribution in [2.45, 2.75) is 11.5 Å². The lowest BCUT2D eigenvalue weighted by Crippen LogP contribution is -2.02. The van der Waals surface area contributed by atoms with E-state index in [-0.39, 0.29) is 0 Å².